The maximum atomic E-state index is 5.23. The third-order valence-corrected chi connectivity index (χ3v) is 1.26. The van der Waals surface area contributed by atoms with Gasteiger partial charge in [-0.1, -0.05) is 0 Å². The summed E-state index contributed by atoms with van der Waals surface area (Å²) in [5.41, 5.74) is 3.90. The van der Waals surface area contributed by atoms with Crippen LogP contribution in [-0.2, 0) is 4.74 Å². The second-order valence-electron chi connectivity index (χ2n) is 2.12. The summed E-state index contributed by atoms with van der Waals surface area (Å²) < 4.78 is 5.23. The van der Waals surface area contributed by atoms with E-state index in [-0.39, 0.29) is 18.1 Å². The molecule has 0 saturated heterocycles. The van der Waals surface area contributed by atoms with Crippen molar-refractivity contribution in [3.63, 3.8) is 0 Å². The predicted octanol–water partition coefficient (Wildman–Crippen LogP) is -3.24. The Hall–Kier alpha value is 0.210. The van der Waals surface area contributed by atoms with Crippen LogP contribution in [0.4, 0.5) is 0 Å². The van der Waals surface area contributed by atoms with Crippen LogP contribution < -0.4 is 18.1 Å². The van der Waals surface area contributed by atoms with E-state index in [9.17, 15) is 0 Å². The van der Waals surface area contributed by atoms with Gasteiger partial charge >= 0.3 is 0 Å². The minimum atomic E-state index is 0. The molecule has 2 nitrogen and oxygen atoms in total. The molecule has 50 valence electrons. The Kier molecular flexibility index (Phi) is 2.74. The largest absolute Gasteiger partial charge is 1.00 e. The van der Waals surface area contributed by atoms with Crippen LogP contribution in [0.1, 0.15) is 19.8 Å². The molecule has 0 heterocycles. The van der Waals surface area contributed by atoms with E-state index in [1.807, 2.05) is 6.92 Å². The van der Waals surface area contributed by atoms with Crippen molar-refractivity contribution in [2.24, 2.45) is 0 Å². The highest BCUT2D eigenvalue weighted by Gasteiger charge is 2.44. The molecule has 0 aliphatic heterocycles. The molecule has 0 bridgehead atoms. The zero-order valence-corrected chi connectivity index (χ0v) is 5.87. The molecule has 0 aromatic rings. The lowest BCUT2D eigenvalue weighted by Gasteiger charge is -2.01. The number of rotatable bonds is 2. The summed E-state index contributed by atoms with van der Waals surface area (Å²) in [6, 6.07) is 0. The Morgan fingerprint density at radius 3 is 2.25 bits per heavy atom. The maximum Gasteiger partial charge on any atom is 0.199 e. The second-order valence-corrected chi connectivity index (χ2v) is 2.12. The molecule has 0 radical (unpaired) electrons. The van der Waals surface area contributed by atoms with Crippen molar-refractivity contribution < 1.29 is 22.9 Å². The van der Waals surface area contributed by atoms with Crippen LogP contribution in [-0.4, -0.2) is 12.3 Å². The number of hydrogen-bond donors (Lipinski definition) is 1. The van der Waals surface area contributed by atoms with Crippen molar-refractivity contribution in [3.8, 4) is 0 Å². The lowest BCUT2D eigenvalue weighted by Crippen LogP contribution is -3.00. The first-order valence-corrected chi connectivity index (χ1v) is 2.76. The highest BCUT2D eigenvalue weighted by atomic mass is 35.5. The Morgan fingerprint density at radius 2 is 2.12 bits per heavy atom. The van der Waals surface area contributed by atoms with Crippen molar-refractivity contribution in [3.05, 3.63) is 0 Å². The highest BCUT2D eigenvalue weighted by molar-refractivity contribution is 4.80. The van der Waals surface area contributed by atoms with Gasteiger partial charge in [-0.3, -0.25) is 0 Å². The van der Waals surface area contributed by atoms with Gasteiger partial charge in [-0.05, 0) is 6.92 Å². The number of hydrogen-bond acceptors (Lipinski definition) is 1. The third kappa shape index (κ3) is 1.99. The molecule has 8 heavy (non-hydrogen) atoms. The van der Waals surface area contributed by atoms with Crippen LogP contribution in [0, 0.1) is 0 Å². The zero-order valence-electron chi connectivity index (χ0n) is 5.11. The number of halogens is 1. The average molecular weight is 138 g/mol. The standard InChI is InChI=1S/C5H11NO.ClH/c1-2-7-5(6)3-4-5;/h2-4,6H2,1H3;1H. The van der Waals surface area contributed by atoms with Crippen LogP contribution in [0.5, 0.6) is 0 Å². The van der Waals surface area contributed by atoms with Gasteiger partial charge in [0, 0.05) is 12.8 Å². The SMILES string of the molecule is CCOC1([NH3+])CC1.[Cl-]. The lowest BCUT2D eigenvalue weighted by atomic mass is 10.6. The van der Waals surface area contributed by atoms with Crippen molar-refractivity contribution in [1.82, 2.24) is 0 Å². The van der Waals surface area contributed by atoms with E-state index in [4.69, 9.17) is 4.74 Å². The Bertz CT molecular complexity index is 72.8. The molecule has 3 heteroatoms. The van der Waals surface area contributed by atoms with Crippen LogP contribution in [0.15, 0.2) is 0 Å². The molecule has 0 atom stereocenters. The Labute approximate surface area is 55.8 Å². The molecule has 1 rings (SSSR count). The van der Waals surface area contributed by atoms with E-state index in [2.05, 4.69) is 5.73 Å². The molecule has 0 amide bonds. The van der Waals surface area contributed by atoms with Crippen LogP contribution in [0.2, 0.25) is 0 Å². The molecule has 1 fully saturated rings. The van der Waals surface area contributed by atoms with Crippen LogP contribution in [0.3, 0.4) is 0 Å². The minimum absolute atomic E-state index is 0. The van der Waals surface area contributed by atoms with Crippen LogP contribution >= 0.6 is 0 Å². The molecule has 1 aliphatic carbocycles. The fourth-order valence-corrected chi connectivity index (χ4v) is 0.590. The molecule has 0 aromatic heterocycles. The first kappa shape index (κ1) is 8.21. The second kappa shape index (κ2) is 2.67. The lowest BCUT2D eigenvalue weighted by molar-refractivity contribution is -0.512. The van der Waals surface area contributed by atoms with Crippen molar-refractivity contribution in [1.29, 1.82) is 0 Å². The van der Waals surface area contributed by atoms with Crippen LogP contribution in [0.25, 0.3) is 0 Å². The van der Waals surface area contributed by atoms with Crippen molar-refractivity contribution in [2.75, 3.05) is 6.61 Å². The van der Waals surface area contributed by atoms with E-state index in [1.165, 1.54) is 0 Å². The highest BCUT2D eigenvalue weighted by Crippen LogP contribution is 2.30. The van der Waals surface area contributed by atoms with Gasteiger partial charge in [-0.2, -0.15) is 0 Å². The van der Waals surface area contributed by atoms with Gasteiger partial charge in [0.15, 0.2) is 5.72 Å². The van der Waals surface area contributed by atoms with Gasteiger partial charge in [0.25, 0.3) is 0 Å². The van der Waals surface area contributed by atoms with E-state index < -0.39 is 0 Å². The van der Waals surface area contributed by atoms with Gasteiger partial charge in [-0.15, -0.1) is 0 Å². The molecule has 1 aliphatic rings. The Morgan fingerprint density at radius 1 is 1.62 bits per heavy atom. The fraction of sp³-hybridized carbons (Fsp3) is 1.00. The van der Waals surface area contributed by atoms with E-state index in [0.29, 0.717) is 0 Å². The number of quaternary nitrogens is 1. The predicted molar refractivity (Wildman–Crippen MR) is 26.5 cm³/mol. The molecule has 1 saturated carbocycles. The van der Waals surface area contributed by atoms with Gasteiger partial charge < -0.3 is 22.9 Å². The molecular formula is C5H12ClNO. The summed E-state index contributed by atoms with van der Waals surface area (Å²) in [5.74, 6) is 0. The van der Waals surface area contributed by atoms with Gasteiger partial charge in [0.1, 0.15) is 0 Å². The van der Waals surface area contributed by atoms with Gasteiger partial charge in [0.05, 0.1) is 6.61 Å². The van der Waals surface area contributed by atoms with Gasteiger partial charge in [-0.25, -0.2) is 0 Å². The van der Waals surface area contributed by atoms with E-state index >= 15 is 0 Å². The minimum Gasteiger partial charge on any atom is -1.00 e. The molecule has 0 aromatic carbocycles. The topological polar surface area (TPSA) is 36.9 Å². The summed E-state index contributed by atoms with van der Waals surface area (Å²) >= 11 is 0. The fourth-order valence-electron chi connectivity index (χ4n) is 0.590. The summed E-state index contributed by atoms with van der Waals surface area (Å²) in [4.78, 5) is 0. The smallest absolute Gasteiger partial charge is 0.199 e. The number of ether oxygens (including phenoxy) is 1. The Balaban J connectivity index is 0.000000490. The van der Waals surface area contributed by atoms with E-state index in [0.717, 1.165) is 19.4 Å². The quantitative estimate of drug-likeness (QED) is 0.399. The summed E-state index contributed by atoms with van der Waals surface area (Å²) in [7, 11) is 0. The molecule has 0 unspecified atom stereocenters. The molecule has 3 N–H and O–H groups in total. The van der Waals surface area contributed by atoms with Crippen molar-refractivity contribution >= 4 is 0 Å². The average Bonchev–Trinajstić information content (AvgIpc) is 2.22. The summed E-state index contributed by atoms with van der Waals surface area (Å²) in [5, 5.41) is 0. The summed E-state index contributed by atoms with van der Waals surface area (Å²) in [6.45, 7) is 2.81. The monoisotopic (exact) mass is 137 g/mol. The molecule has 0 spiro atoms. The maximum absolute atomic E-state index is 5.23. The van der Waals surface area contributed by atoms with Gasteiger partial charge in [0.2, 0.25) is 0 Å². The third-order valence-electron chi connectivity index (χ3n) is 1.26. The molecular weight excluding hydrogens is 126 g/mol. The zero-order chi connectivity index (χ0) is 5.33. The normalized spacial score (nSPS) is 21.8. The summed E-state index contributed by atoms with van der Waals surface area (Å²) in [6.07, 6.45) is 2.31. The van der Waals surface area contributed by atoms with E-state index in [1.54, 1.807) is 0 Å². The first-order valence-electron chi connectivity index (χ1n) is 2.76. The van der Waals surface area contributed by atoms with Crippen molar-refractivity contribution in [2.45, 2.75) is 25.5 Å². The first-order chi connectivity index (χ1) is 3.27.